The van der Waals surface area contributed by atoms with E-state index >= 15 is 0 Å². The van der Waals surface area contributed by atoms with E-state index in [0.29, 0.717) is 22.5 Å². The molecule has 0 unspecified atom stereocenters. The molecule has 0 atom stereocenters. The average Bonchev–Trinajstić information content (AvgIpc) is 3.10. The first kappa shape index (κ1) is 16.8. The first-order valence-corrected chi connectivity index (χ1v) is 8.43. The second-order valence-electron chi connectivity index (χ2n) is 6.08. The van der Waals surface area contributed by atoms with Gasteiger partial charge in [0.1, 0.15) is 28.5 Å². The normalized spacial score (nSPS) is 10.9. The zero-order chi connectivity index (χ0) is 18.8. The van der Waals surface area contributed by atoms with Crippen LogP contribution >= 0.6 is 0 Å². The Balaban J connectivity index is 1.78. The molecule has 0 N–H and O–H groups in total. The zero-order valence-electron chi connectivity index (χ0n) is 14.6. The van der Waals surface area contributed by atoms with Gasteiger partial charge in [-0.05, 0) is 43.3 Å². The number of aromatic nitrogens is 1. The maximum atomic E-state index is 13.2. The summed E-state index contributed by atoms with van der Waals surface area (Å²) in [7, 11) is 0. The Bertz CT molecular complexity index is 1160. The molecule has 0 radical (unpaired) electrons. The third-order valence-electron chi connectivity index (χ3n) is 4.15. The van der Waals surface area contributed by atoms with Crippen LogP contribution in [0.4, 0.5) is 5.82 Å². The lowest BCUT2D eigenvalue weighted by atomic mass is 10.1. The van der Waals surface area contributed by atoms with E-state index in [2.05, 4.69) is 4.98 Å². The molecule has 4 aromatic rings. The van der Waals surface area contributed by atoms with Gasteiger partial charge in [0.25, 0.3) is 5.91 Å². The smallest absolute Gasteiger partial charge is 0.349 e. The lowest BCUT2D eigenvalue weighted by Crippen LogP contribution is -2.34. The van der Waals surface area contributed by atoms with Gasteiger partial charge in [0, 0.05) is 11.6 Å². The number of carbonyl (C=O) groups excluding carboxylic acids is 1. The Labute approximate surface area is 154 Å². The number of hydrogen-bond acceptors (Lipinski definition) is 5. The summed E-state index contributed by atoms with van der Waals surface area (Å²) in [6.07, 6.45) is 1.59. The molecule has 4 rings (SSSR count). The van der Waals surface area contributed by atoms with Gasteiger partial charge >= 0.3 is 5.63 Å². The van der Waals surface area contributed by atoms with Crippen LogP contribution in [0.25, 0.3) is 11.0 Å². The van der Waals surface area contributed by atoms with E-state index in [1.54, 1.807) is 54.7 Å². The van der Waals surface area contributed by atoms with Gasteiger partial charge in [-0.3, -0.25) is 9.69 Å². The number of fused-ring (bicyclic) bond motifs is 1. The molecular formula is C21H16N2O4. The van der Waals surface area contributed by atoms with Gasteiger partial charge in [0.05, 0.1) is 6.54 Å². The van der Waals surface area contributed by atoms with Crippen molar-refractivity contribution >= 4 is 22.7 Å². The van der Waals surface area contributed by atoms with Crippen LogP contribution in [0, 0.1) is 6.92 Å². The number of aryl methyl sites for hydroxylation is 1. The predicted molar refractivity (Wildman–Crippen MR) is 101 cm³/mol. The van der Waals surface area contributed by atoms with Crippen LogP contribution in [-0.4, -0.2) is 10.9 Å². The molecule has 0 saturated heterocycles. The van der Waals surface area contributed by atoms with Crippen molar-refractivity contribution in [2.24, 2.45) is 0 Å². The van der Waals surface area contributed by atoms with Crippen LogP contribution in [0.5, 0.6) is 0 Å². The second kappa shape index (κ2) is 6.92. The Morgan fingerprint density at radius 2 is 1.85 bits per heavy atom. The molecular weight excluding hydrogens is 344 g/mol. The number of para-hydroxylation sites is 1. The number of pyridine rings is 1. The highest BCUT2D eigenvalue weighted by atomic mass is 16.4. The van der Waals surface area contributed by atoms with Gasteiger partial charge < -0.3 is 8.83 Å². The van der Waals surface area contributed by atoms with Crippen molar-refractivity contribution in [2.45, 2.75) is 13.5 Å². The summed E-state index contributed by atoms with van der Waals surface area (Å²) in [6.45, 7) is 1.98. The quantitative estimate of drug-likeness (QED) is 0.515. The van der Waals surface area contributed by atoms with Gasteiger partial charge in [-0.1, -0.05) is 24.3 Å². The Morgan fingerprint density at radius 1 is 1.04 bits per heavy atom. The summed E-state index contributed by atoms with van der Waals surface area (Å²) in [5.41, 5.74) is -0.303. The molecule has 0 spiro atoms. The number of furan rings is 1. The first-order chi connectivity index (χ1) is 13.1. The summed E-state index contributed by atoms with van der Waals surface area (Å²) < 4.78 is 10.9. The maximum absolute atomic E-state index is 13.2. The highest BCUT2D eigenvalue weighted by Crippen LogP contribution is 2.20. The molecule has 27 heavy (non-hydrogen) atoms. The van der Waals surface area contributed by atoms with Crippen LogP contribution in [0.1, 0.15) is 21.9 Å². The third kappa shape index (κ3) is 3.37. The molecule has 0 aliphatic carbocycles. The van der Waals surface area contributed by atoms with Crippen molar-refractivity contribution in [3.8, 4) is 0 Å². The molecule has 0 aliphatic heterocycles. The van der Waals surface area contributed by atoms with E-state index in [-0.39, 0.29) is 12.1 Å². The Hall–Kier alpha value is -3.67. The van der Waals surface area contributed by atoms with Crippen molar-refractivity contribution in [3.63, 3.8) is 0 Å². The molecule has 134 valence electrons. The molecule has 3 aromatic heterocycles. The Morgan fingerprint density at radius 3 is 2.59 bits per heavy atom. The molecule has 6 heteroatoms. The third-order valence-corrected chi connectivity index (χ3v) is 4.15. The number of amides is 1. The van der Waals surface area contributed by atoms with Gasteiger partial charge in [-0.2, -0.15) is 0 Å². The van der Waals surface area contributed by atoms with Gasteiger partial charge in [-0.25, -0.2) is 9.78 Å². The fourth-order valence-electron chi connectivity index (χ4n) is 2.85. The lowest BCUT2D eigenvalue weighted by Gasteiger charge is -2.20. The van der Waals surface area contributed by atoms with Crippen LogP contribution in [0.2, 0.25) is 0 Å². The van der Waals surface area contributed by atoms with Crippen molar-refractivity contribution in [1.82, 2.24) is 4.98 Å². The van der Waals surface area contributed by atoms with E-state index in [1.165, 1.54) is 4.90 Å². The summed E-state index contributed by atoms with van der Waals surface area (Å²) in [5.74, 6) is 1.26. The molecule has 0 bridgehead atoms. The van der Waals surface area contributed by atoms with E-state index in [1.807, 2.05) is 19.1 Å². The van der Waals surface area contributed by atoms with Crippen molar-refractivity contribution in [1.29, 1.82) is 0 Å². The minimum atomic E-state index is -0.685. The molecule has 3 heterocycles. The summed E-state index contributed by atoms with van der Waals surface area (Å²) in [5, 5.41) is 0.676. The SMILES string of the molecule is Cc1ccc(CN(C(=O)c2cc3ccccc3oc2=O)c2ccccn2)o1. The number of benzene rings is 1. The van der Waals surface area contributed by atoms with Crippen LogP contribution in [0.3, 0.4) is 0 Å². The van der Waals surface area contributed by atoms with Crippen molar-refractivity contribution in [2.75, 3.05) is 4.90 Å². The van der Waals surface area contributed by atoms with Crippen molar-refractivity contribution < 1.29 is 13.6 Å². The monoisotopic (exact) mass is 360 g/mol. The van der Waals surface area contributed by atoms with Gasteiger partial charge in [-0.15, -0.1) is 0 Å². The standard InChI is InChI=1S/C21H16N2O4/c1-14-9-10-16(26-14)13-23(19-8-4-5-11-22-19)20(24)17-12-15-6-2-3-7-18(15)27-21(17)25/h2-12H,13H2,1H3. The van der Waals surface area contributed by atoms with Crippen LogP contribution in [0.15, 0.2) is 80.5 Å². The van der Waals surface area contributed by atoms with E-state index in [0.717, 1.165) is 5.76 Å². The molecule has 0 fully saturated rings. The fraction of sp³-hybridized carbons (Fsp3) is 0.0952. The highest BCUT2D eigenvalue weighted by molar-refractivity contribution is 6.06. The fourth-order valence-corrected chi connectivity index (χ4v) is 2.85. The number of nitrogens with zero attached hydrogens (tertiary/aromatic N) is 2. The summed E-state index contributed by atoms with van der Waals surface area (Å²) in [4.78, 5) is 31.3. The zero-order valence-corrected chi connectivity index (χ0v) is 14.6. The van der Waals surface area contributed by atoms with Crippen molar-refractivity contribution in [3.05, 3.63) is 94.4 Å². The molecule has 1 amide bonds. The number of anilines is 1. The first-order valence-electron chi connectivity index (χ1n) is 8.43. The molecule has 0 aliphatic rings. The summed E-state index contributed by atoms with van der Waals surface area (Å²) >= 11 is 0. The van der Waals surface area contributed by atoms with Crippen LogP contribution in [-0.2, 0) is 6.54 Å². The number of rotatable bonds is 4. The van der Waals surface area contributed by atoms with Gasteiger partial charge in [0.2, 0.25) is 0 Å². The van der Waals surface area contributed by atoms with E-state index in [4.69, 9.17) is 8.83 Å². The van der Waals surface area contributed by atoms with E-state index < -0.39 is 11.5 Å². The number of hydrogen-bond donors (Lipinski definition) is 0. The largest absolute Gasteiger partial charge is 0.464 e. The Kier molecular flexibility index (Phi) is 4.30. The van der Waals surface area contributed by atoms with Gasteiger partial charge in [0.15, 0.2) is 0 Å². The van der Waals surface area contributed by atoms with Crippen LogP contribution < -0.4 is 10.5 Å². The topological polar surface area (TPSA) is 76.6 Å². The second-order valence-corrected chi connectivity index (χ2v) is 6.08. The minimum Gasteiger partial charge on any atom is -0.464 e. The highest BCUT2D eigenvalue weighted by Gasteiger charge is 2.24. The molecule has 1 aromatic carbocycles. The number of carbonyl (C=O) groups is 1. The van der Waals surface area contributed by atoms with E-state index in [9.17, 15) is 9.59 Å². The predicted octanol–water partition coefficient (Wildman–Crippen LogP) is 3.94. The lowest BCUT2D eigenvalue weighted by molar-refractivity contribution is 0.0979. The minimum absolute atomic E-state index is 0.0531. The molecule has 0 saturated carbocycles. The average molecular weight is 360 g/mol. The summed E-state index contributed by atoms with van der Waals surface area (Å²) in [6, 6.07) is 17.5. The molecule has 6 nitrogen and oxygen atoms in total. The maximum Gasteiger partial charge on any atom is 0.349 e.